The molecule has 0 aliphatic rings. The Morgan fingerprint density at radius 3 is 2.21 bits per heavy atom. The summed E-state index contributed by atoms with van der Waals surface area (Å²) in [5.41, 5.74) is 2.29. The van der Waals surface area contributed by atoms with Crippen LogP contribution >= 0.6 is 0 Å². The summed E-state index contributed by atoms with van der Waals surface area (Å²) in [6.45, 7) is 3.27. The molecule has 0 aliphatic carbocycles. The average Bonchev–Trinajstić information content (AvgIpc) is 3.31. The molecule has 1 heterocycles. The molecule has 1 aromatic heterocycles. The number of carbonyl (C=O) groups is 2. The van der Waals surface area contributed by atoms with E-state index in [1.807, 2.05) is 37.3 Å². The van der Waals surface area contributed by atoms with Crippen molar-refractivity contribution in [2.24, 2.45) is 0 Å². The number of carboxylic acid groups (broad SMARTS) is 1. The van der Waals surface area contributed by atoms with Gasteiger partial charge in [0.05, 0.1) is 13.2 Å². The minimum Gasteiger partial charge on any atom is -0.497 e. The zero-order valence-electron chi connectivity index (χ0n) is 21.3. The molecule has 0 fully saturated rings. The standard InChI is InChI=1S/C29H28N2O7/c1-19(31(17-27(32)33)29(34)38-25-15-13-23(35-3)14-16-25)21-9-11-24(12-10-21)36-18-26-20(2)37-28(30-26)22-7-5-4-6-8-22/h4-16,19H,17-18H2,1-3H3,(H,32,33). The van der Waals surface area contributed by atoms with Gasteiger partial charge in [0.1, 0.15) is 41.9 Å². The van der Waals surface area contributed by atoms with Crippen LogP contribution in [-0.2, 0) is 11.4 Å². The average molecular weight is 517 g/mol. The highest BCUT2D eigenvalue weighted by Gasteiger charge is 2.26. The lowest BCUT2D eigenvalue weighted by molar-refractivity contribution is -0.138. The van der Waals surface area contributed by atoms with E-state index in [1.54, 1.807) is 55.5 Å². The van der Waals surface area contributed by atoms with Gasteiger partial charge < -0.3 is 23.7 Å². The van der Waals surface area contributed by atoms with E-state index in [4.69, 9.17) is 18.6 Å². The summed E-state index contributed by atoms with van der Waals surface area (Å²) in [4.78, 5) is 30.0. The van der Waals surface area contributed by atoms with Gasteiger partial charge in [0.25, 0.3) is 0 Å². The molecule has 4 aromatic rings. The first-order valence-corrected chi connectivity index (χ1v) is 11.9. The molecule has 0 saturated carbocycles. The number of carbonyl (C=O) groups excluding carboxylic acids is 1. The number of hydrogen-bond donors (Lipinski definition) is 1. The third kappa shape index (κ3) is 6.50. The summed E-state index contributed by atoms with van der Waals surface area (Å²) in [5.74, 6) is 1.54. The molecular formula is C29H28N2O7. The van der Waals surface area contributed by atoms with Crippen LogP contribution in [0.15, 0.2) is 83.3 Å². The Hall–Kier alpha value is -4.79. The second-order valence-corrected chi connectivity index (χ2v) is 8.49. The lowest BCUT2D eigenvalue weighted by atomic mass is 10.1. The Bertz CT molecular complexity index is 1370. The van der Waals surface area contributed by atoms with Crippen molar-refractivity contribution in [3.8, 4) is 28.7 Å². The molecule has 0 saturated heterocycles. The van der Waals surface area contributed by atoms with E-state index < -0.39 is 24.6 Å². The molecule has 0 spiro atoms. The van der Waals surface area contributed by atoms with Crippen LogP contribution in [0.1, 0.15) is 30.0 Å². The van der Waals surface area contributed by atoms with Crippen LogP contribution < -0.4 is 14.2 Å². The van der Waals surface area contributed by atoms with Crippen molar-refractivity contribution in [1.82, 2.24) is 9.88 Å². The minimum atomic E-state index is -1.15. The largest absolute Gasteiger partial charge is 0.497 e. The molecular weight excluding hydrogens is 488 g/mol. The third-order valence-electron chi connectivity index (χ3n) is 5.92. The summed E-state index contributed by atoms with van der Waals surface area (Å²) >= 11 is 0. The maximum absolute atomic E-state index is 12.8. The number of amides is 1. The Kier molecular flexibility index (Phi) is 8.27. The van der Waals surface area contributed by atoms with Gasteiger partial charge in [0, 0.05) is 5.56 Å². The molecule has 1 unspecified atom stereocenters. The predicted octanol–water partition coefficient (Wildman–Crippen LogP) is 5.88. The van der Waals surface area contributed by atoms with Crippen molar-refractivity contribution in [1.29, 1.82) is 0 Å². The van der Waals surface area contributed by atoms with Crippen LogP contribution in [0.5, 0.6) is 17.2 Å². The van der Waals surface area contributed by atoms with Gasteiger partial charge in [-0.05, 0) is 67.9 Å². The van der Waals surface area contributed by atoms with E-state index in [9.17, 15) is 14.7 Å². The van der Waals surface area contributed by atoms with Crippen molar-refractivity contribution >= 4 is 12.1 Å². The second-order valence-electron chi connectivity index (χ2n) is 8.49. The highest BCUT2D eigenvalue weighted by Crippen LogP contribution is 2.26. The van der Waals surface area contributed by atoms with Gasteiger partial charge in [-0.2, -0.15) is 0 Å². The Balaban J connectivity index is 1.41. The molecule has 0 aliphatic heterocycles. The molecule has 1 atom stereocenters. The third-order valence-corrected chi connectivity index (χ3v) is 5.92. The van der Waals surface area contributed by atoms with Gasteiger partial charge in [-0.25, -0.2) is 9.78 Å². The number of aryl methyl sites for hydroxylation is 1. The van der Waals surface area contributed by atoms with Crippen molar-refractivity contribution in [2.45, 2.75) is 26.5 Å². The van der Waals surface area contributed by atoms with Crippen molar-refractivity contribution in [3.05, 3.63) is 95.9 Å². The number of carboxylic acids is 1. The first-order valence-electron chi connectivity index (χ1n) is 11.9. The Morgan fingerprint density at radius 2 is 1.58 bits per heavy atom. The summed E-state index contributed by atoms with van der Waals surface area (Å²) in [6.07, 6.45) is -0.777. The SMILES string of the molecule is COc1ccc(OC(=O)N(CC(=O)O)C(C)c2ccc(OCc3nc(-c4ccccc4)oc3C)cc2)cc1. The number of oxazole rings is 1. The second kappa shape index (κ2) is 12.0. The number of methoxy groups -OCH3 is 1. The fourth-order valence-electron chi connectivity index (χ4n) is 3.75. The fourth-order valence-corrected chi connectivity index (χ4v) is 3.75. The Labute approximate surface area is 220 Å². The van der Waals surface area contributed by atoms with Crippen molar-refractivity contribution in [3.63, 3.8) is 0 Å². The topological polar surface area (TPSA) is 111 Å². The quantitative estimate of drug-likeness (QED) is 0.278. The lowest BCUT2D eigenvalue weighted by Gasteiger charge is -2.27. The number of hydrogen-bond acceptors (Lipinski definition) is 7. The summed E-state index contributed by atoms with van der Waals surface area (Å²) in [5, 5.41) is 9.38. The number of nitrogens with zero attached hydrogens (tertiary/aromatic N) is 2. The molecule has 9 heteroatoms. The van der Waals surface area contributed by atoms with Crippen LogP contribution in [0.3, 0.4) is 0 Å². The number of rotatable bonds is 10. The molecule has 0 radical (unpaired) electrons. The van der Waals surface area contributed by atoms with E-state index in [1.165, 1.54) is 7.11 Å². The zero-order valence-corrected chi connectivity index (χ0v) is 21.3. The first-order chi connectivity index (χ1) is 18.3. The smallest absolute Gasteiger partial charge is 0.416 e. The molecule has 3 aromatic carbocycles. The normalized spacial score (nSPS) is 11.4. The van der Waals surface area contributed by atoms with Gasteiger partial charge in [-0.1, -0.05) is 30.3 Å². The molecule has 1 N–H and O–H groups in total. The Morgan fingerprint density at radius 1 is 0.947 bits per heavy atom. The highest BCUT2D eigenvalue weighted by atomic mass is 16.6. The maximum Gasteiger partial charge on any atom is 0.416 e. The molecule has 0 bridgehead atoms. The minimum absolute atomic E-state index is 0.219. The van der Waals surface area contributed by atoms with Gasteiger partial charge in [-0.15, -0.1) is 0 Å². The summed E-state index contributed by atoms with van der Waals surface area (Å²) in [6, 6.07) is 22.6. The molecule has 9 nitrogen and oxygen atoms in total. The van der Waals surface area contributed by atoms with Crippen LogP contribution in [-0.4, -0.2) is 40.7 Å². The monoisotopic (exact) mass is 516 g/mol. The molecule has 38 heavy (non-hydrogen) atoms. The van der Waals surface area contributed by atoms with E-state index in [0.717, 1.165) is 10.5 Å². The summed E-state index contributed by atoms with van der Waals surface area (Å²) < 4.78 is 22.2. The van der Waals surface area contributed by atoms with Crippen LogP contribution in [0.2, 0.25) is 0 Å². The number of ether oxygens (including phenoxy) is 3. The fraction of sp³-hybridized carbons (Fsp3) is 0.207. The number of aliphatic carboxylic acids is 1. The van der Waals surface area contributed by atoms with Gasteiger partial charge >= 0.3 is 12.1 Å². The molecule has 4 rings (SSSR count). The summed E-state index contributed by atoms with van der Waals surface area (Å²) in [7, 11) is 1.53. The van der Waals surface area contributed by atoms with Crippen molar-refractivity contribution in [2.75, 3.05) is 13.7 Å². The predicted molar refractivity (Wildman–Crippen MR) is 139 cm³/mol. The van der Waals surface area contributed by atoms with Crippen LogP contribution in [0, 0.1) is 6.92 Å². The van der Waals surface area contributed by atoms with E-state index in [-0.39, 0.29) is 12.4 Å². The number of aromatic nitrogens is 1. The van der Waals surface area contributed by atoms with Gasteiger partial charge in [-0.3, -0.25) is 9.69 Å². The van der Waals surface area contributed by atoms with Crippen molar-refractivity contribution < 1.29 is 33.3 Å². The van der Waals surface area contributed by atoms with E-state index >= 15 is 0 Å². The molecule has 196 valence electrons. The number of benzene rings is 3. The van der Waals surface area contributed by atoms with Gasteiger partial charge in [0.15, 0.2) is 0 Å². The van der Waals surface area contributed by atoms with Crippen LogP contribution in [0.4, 0.5) is 4.79 Å². The highest BCUT2D eigenvalue weighted by molar-refractivity contribution is 5.78. The molecule has 1 amide bonds. The van der Waals surface area contributed by atoms with E-state index in [0.29, 0.717) is 34.4 Å². The van der Waals surface area contributed by atoms with E-state index in [2.05, 4.69) is 4.98 Å². The first kappa shape index (κ1) is 26.3. The lowest BCUT2D eigenvalue weighted by Crippen LogP contribution is -2.39. The zero-order chi connectivity index (χ0) is 27.1. The van der Waals surface area contributed by atoms with Crippen LogP contribution in [0.25, 0.3) is 11.5 Å². The van der Waals surface area contributed by atoms with Gasteiger partial charge in [0.2, 0.25) is 5.89 Å². The maximum atomic E-state index is 12.8.